The summed E-state index contributed by atoms with van der Waals surface area (Å²) in [5.41, 5.74) is 4.43. The van der Waals surface area contributed by atoms with Crippen LogP contribution >= 0.6 is 0 Å². The zero-order valence-corrected chi connectivity index (χ0v) is 12.0. The normalized spacial score (nSPS) is 12.4. The van der Waals surface area contributed by atoms with E-state index in [1.165, 1.54) is 0 Å². The first-order valence-electron chi connectivity index (χ1n) is 6.59. The van der Waals surface area contributed by atoms with Crippen LogP contribution in [0.5, 0.6) is 0 Å². The van der Waals surface area contributed by atoms with Gasteiger partial charge in [-0.15, -0.1) is 0 Å². The number of ether oxygens (including phenoxy) is 1. The topological polar surface area (TPSA) is 73.1 Å². The third kappa shape index (κ3) is 3.12. The predicted molar refractivity (Wildman–Crippen MR) is 79.9 cm³/mol. The molecule has 0 aliphatic rings. The SMILES string of the molecule is COC(c1nc(NN)cc(-c2ccccc2)n1)C(C)C. The Morgan fingerprint density at radius 3 is 2.40 bits per heavy atom. The number of rotatable bonds is 5. The second kappa shape index (κ2) is 6.45. The van der Waals surface area contributed by atoms with Crippen molar-refractivity contribution in [3.05, 3.63) is 42.2 Å². The lowest BCUT2D eigenvalue weighted by Crippen LogP contribution is -2.16. The van der Waals surface area contributed by atoms with E-state index in [1.54, 1.807) is 7.11 Å². The fourth-order valence-corrected chi connectivity index (χ4v) is 2.10. The first-order valence-corrected chi connectivity index (χ1v) is 6.59. The average Bonchev–Trinajstić information content (AvgIpc) is 2.48. The summed E-state index contributed by atoms with van der Waals surface area (Å²) in [7, 11) is 1.67. The van der Waals surface area contributed by atoms with Crippen molar-refractivity contribution in [2.45, 2.75) is 20.0 Å². The van der Waals surface area contributed by atoms with Crippen molar-refractivity contribution in [2.75, 3.05) is 12.5 Å². The molecule has 1 atom stereocenters. The number of nitrogens with one attached hydrogen (secondary N) is 1. The summed E-state index contributed by atoms with van der Waals surface area (Å²) in [5, 5.41) is 0. The quantitative estimate of drug-likeness (QED) is 0.646. The number of nitrogens with zero attached hydrogens (tertiary/aromatic N) is 2. The fourth-order valence-electron chi connectivity index (χ4n) is 2.10. The number of aromatic nitrogens is 2. The van der Waals surface area contributed by atoms with Gasteiger partial charge in [0.2, 0.25) is 0 Å². The van der Waals surface area contributed by atoms with E-state index in [1.807, 2.05) is 36.4 Å². The van der Waals surface area contributed by atoms with Crippen LogP contribution in [0.2, 0.25) is 0 Å². The molecule has 1 aromatic heterocycles. The van der Waals surface area contributed by atoms with Gasteiger partial charge in [-0.2, -0.15) is 0 Å². The molecule has 0 saturated carbocycles. The highest BCUT2D eigenvalue weighted by Gasteiger charge is 2.19. The molecular weight excluding hydrogens is 252 g/mol. The van der Waals surface area contributed by atoms with Crippen molar-refractivity contribution in [3.63, 3.8) is 0 Å². The van der Waals surface area contributed by atoms with E-state index in [-0.39, 0.29) is 12.0 Å². The Kier molecular flexibility index (Phi) is 4.65. The molecule has 0 saturated heterocycles. The van der Waals surface area contributed by atoms with Gasteiger partial charge in [0.25, 0.3) is 0 Å². The van der Waals surface area contributed by atoms with Crippen molar-refractivity contribution in [2.24, 2.45) is 11.8 Å². The molecule has 0 fully saturated rings. The second-order valence-corrected chi connectivity index (χ2v) is 4.91. The van der Waals surface area contributed by atoms with E-state index in [4.69, 9.17) is 10.6 Å². The standard InChI is InChI=1S/C15H20N4O/c1-10(2)14(20-3)15-17-12(9-13(18-15)19-16)11-7-5-4-6-8-11/h4-10,14H,16H2,1-3H3,(H,17,18,19). The van der Waals surface area contributed by atoms with Gasteiger partial charge in [0.1, 0.15) is 11.9 Å². The number of benzene rings is 1. The van der Waals surface area contributed by atoms with Gasteiger partial charge in [0.15, 0.2) is 5.82 Å². The molecule has 0 aliphatic heterocycles. The Morgan fingerprint density at radius 1 is 1.15 bits per heavy atom. The summed E-state index contributed by atoms with van der Waals surface area (Å²) in [6.45, 7) is 4.14. The van der Waals surface area contributed by atoms with Gasteiger partial charge in [0.05, 0.1) is 5.69 Å². The third-order valence-corrected chi connectivity index (χ3v) is 3.07. The first kappa shape index (κ1) is 14.4. The van der Waals surface area contributed by atoms with Crippen molar-refractivity contribution in [1.82, 2.24) is 9.97 Å². The third-order valence-electron chi connectivity index (χ3n) is 3.07. The van der Waals surface area contributed by atoms with Crippen LogP contribution in [0.3, 0.4) is 0 Å². The highest BCUT2D eigenvalue weighted by atomic mass is 16.5. The maximum absolute atomic E-state index is 5.50. The zero-order chi connectivity index (χ0) is 14.5. The number of hydrogen-bond donors (Lipinski definition) is 2. The minimum atomic E-state index is -0.161. The molecule has 1 heterocycles. The molecule has 106 valence electrons. The van der Waals surface area contributed by atoms with Crippen LogP contribution in [0, 0.1) is 5.92 Å². The Balaban J connectivity index is 2.49. The summed E-state index contributed by atoms with van der Waals surface area (Å²) in [6, 6.07) is 11.8. The van der Waals surface area contributed by atoms with E-state index < -0.39 is 0 Å². The summed E-state index contributed by atoms with van der Waals surface area (Å²) in [5.74, 6) is 6.99. The summed E-state index contributed by atoms with van der Waals surface area (Å²) in [6.07, 6.45) is -0.161. The fraction of sp³-hybridized carbons (Fsp3) is 0.333. The average molecular weight is 272 g/mol. The van der Waals surface area contributed by atoms with Crippen LogP contribution in [0.25, 0.3) is 11.3 Å². The molecule has 1 unspecified atom stereocenters. The summed E-state index contributed by atoms with van der Waals surface area (Å²) >= 11 is 0. The zero-order valence-electron chi connectivity index (χ0n) is 12.0. The van der Waals surface area contributed by atoms with Gasteiger partial charge in [-0.05, 0) is 5.92 Å². The molecule has 2 rings (SSSR count). The first-order chi connectivity index (χ1) is 9.65. The molecule has 0 spiro atoms. The van der Waals surface area contributed by atoms with Crippen molar-refractivity contribution in [1.29, 1.82) is 0 Å². The number of anilines is 1. The number of nitrogens with two attached hydrogens (primary N) is 1. The Hall–Kier alpha value is -1.98. The molecule has 0 amide bonds. The molecule has 5 heteroatoms. The minimum absolute atomic E-state index is 0.161. The predicted octanol–water partition coefficient (Wildman–Crippen LogP) is 2.77. The van der Waals surface area contributed by atoms with Crippen LogP contribution in [-0.4, -0.2) is 17.1 Å². The molecular formula is C15H20N4O. The van der Waals surface area contributed by atoms with E-state index in [0.717, 1.165) is 11.3 Å². The molecule has 20 heavy (non-hydrogen) atoms. The van der Waals surface area contributed by atoms with E-state index >= 15 is 0 Å². The van der Waals surface area contributed by atoms with Gasteiger partial charge in [-0.1, -0.05) is 44.2 Å². The Morgan fingerprint density at radius 2 is 1.85 bits per heavy atom. The van der Waals surface area contributed by atoms with Crippen LogP contribution in [0.4, 0.5) is 5.82 Å². The Bertz CT molecular complexity index is 557. The number of nitrogen functional groups attached to an aromatic ring is 1. The molecule has 0 radical (unpaired) electrons. The molecule has 0 aliphatic carbocycles. The molecule has 5 nitrogen and oxygen atoms in total. The van der Waals surface area contributed by atoms with Gasteiger partial charge < -0.3 is 10.2 Å². The molecule has 0 bridgehead atoms. The van der Waals surface area contributed by atoms with Gasteiger partial charge >= 0.3 is 0 Å². The lowest BCUT2D eigenvalue weighted by atomic mass is 10.1. The summed E-state index contributed by atoms with van der Waals surface area (Å²) in [4.78, 5) is 9.01. The lowest BCUT2D eigenvalue weighted by Gasteiger charge is -2.19. The maximum Gasteiger partial charge on any atom is 0.160 e. The largest absolute Gasteiger partial charge is 0.373 e. The van der Waals surface area contributed by atoms with Gasteiger partial charge in [0, 0.05) is 18.7 Å². The minimum Gasteiger partial charge on any atom is -0.373 e. The van der Waals surface area contributed by atoms with Gasteiger partial charge in [-0.3, -0.25) is 0 Å². The van der Waals surface area contributed by atoms with E-state index in [2.05, 4.69) is 29.2 Å². The van der Waals surface area contributed by atoms with Crippen LogP contribution < -0.4 is 11.3 Å². The highest BCUT2D eigenvalue weighted by molar-refractivity contribution is 5.62. The summed E-state index contributed by atoms with van der Waals surface area (Å²) < 4.78 is 5.49. The van der Waals surface area contributed by atoms with Crippen LogP contribution in [0.1, 0.15) is 25.8 Å². The lowest BCUT2D eigenvalue weighted by molar-refractivity contribution is 0.0576. The van der Waals surface area contributed by atoms with Crippen molar-refractivity contribution < 1.29 is 4.74 Å². The number of hydrogen-bond acceptors (Lipinski definition) is 5. The van der Waals surface area contributed by atoms with Crippen LogP contribution in [0.15, 0.2) is 36.4 Å². The monoisotopic (exact) mass is 272 g/mol. The smallest absolute Gasteiger partial charge is 0.160 e. The molecule has 2 aromatic rings. The van der Waals surface area contributed by atoms with Crippen molar-refractivity contribution >= 4 is 5.82 Å². The number of hydrazine groups is 1. The molecule has 3 N–H and O–H groups in total. The maximum atomic E-state index is 5.50. The number of methoxy groups -OCH3 is 1. The second-order valence-electron chi connectivity index (χ2n) is 4.91. The molecule has 1 aromatic carbocycles. The Labute approximate surface area is 119 Å². The highest BCUT2D eigenvalue weighted by Crippen LogP contribution is 2.26. The van der Waals surface area contributed by atoms with Crippen molar-refractivity contribution in [3.8, 4) is 11.3 Å². The van der Waals surface area contributed by atoms with Crippen LogP contribution in [-0.2, 0) is 4.74 Å². The van der Waals surface area contributed by atoms with E-state index in [9.17, 15) is 0 Å². The van der Waals surface area contributed by atoms with Gasteiger partial charge in [-0.25, -0.2) is 15.8 Å². The van der Waals surface area contributed by atoms with E-state index in [0.29, 0.717) is 11.6 Å².